The molecule has 0 aromatic carbocycles. The zero-order chi connectivity index (χ0) is 9.14. The van der Waals surface area contributed by atoms with E-state index in [1.807, 2.05) is 0 Å². The highest BCUT2D eigenvalue weighted by Crippen LogP contribution is 1.82. The fraction of sp³-hybridized carbons (Fsp3) is 0.143. The number of rotatable bonds is 1. The van der Waals surface area contributed by atoms with Gasteiger partial charge in [-0.3, -0.25) is 14.3 Å². The number of halogens is 1. The fourth-order valence-corrected chi connectivity index (χ4v) is 0.699. The maximum Gasteiger partial charge on any atom is 0.329 e. The van der Waals surface area contributed by atoms with Crippen LogP contribution in [0.2, 0.25) is 0 Å². The Morgan fingerprint density at radius 1 is 1.67 bits per heavy atom. The fourth-order valence-electron chi connectivity index (χ4n) is 0.699. The van der Waals surface area contributed by atoms with E-state index < -0.39 is 17.1 Å². The summed E-state index contributed by atoms with van der Waals surface area (Å²) in [5.74, 6) is 1.12. The Hall–Kier alpha value is -1.83. The molecule has 5 heteroatoms. The van der Waals surface area contributed by atoms with Crippen molar-refractivity contribution in [1.82, 2.24) is 9.55 Å². The Morgan fingerprint density at radius 2 is 2.33 bits per heavy atom. The van der Waals surface area contributed by atoms with Gasteiger partial charge in [0.15, 0.2) is 0 Å². The maximum absolute atomic E-state index is 12.5. The number of hydrogen-bond acceptors (Lipinski definition) is 2. The van der Waals surface area contributed by atoms with E-state index >= 15 is 0 Å². The lowest BCUT2D eigenvalue weighted by molar-refractivity contribution is 0.570. The predicted octanol–water partition coefficient (Wildman–Crippen LogP) is -0.691. The van der Waals surface area contributed by atoms with E-state index in [4.69, 9.17) is 6.42 Å². The summed E-state index contributed by atoms with van der Waals surface area (Å²) in [6, 6.07) is 0. The second-order valence-electron chi connectivity index (χ2n) is 2.07. The van der Waals surface area contributed by atoms with Gasteiger partial charge < -0.3 is 0 Å². The third-order valence-corrected chi connectivity index (χ3v) is 1.23. The maximum atomic E-state index is 12.5. The number of aromatic amines is 1. The Balaban J connectivity index is 3.35. The van der Waals surface area contributed by atoms with E-state index in [1.165, 1.54) is 0 Å². The van der Waals surface area contributed by atoms with Crippen molar-refractivity contribution in [2.45, 2.75) is 6.54 Å². The molecule has 12 heavy (non-hydrogen) atoms. The van der Waals surface area contributed by atoms with E-state index in [0.29, 0.717) is 0 Å². The number of hydrogen-bond donors (Lipinski definition) is 1. The number of H-pyrrole nitrogens is 1. The molecule has 0 unspecified atom stereocenters. The van der Waals surface area contributed by atoms with Gasteiger partial charge >= 0.3 is 5.69 Å². The van der Waals surface area contributed by atoms with E-state index in [2.05, 4.69) is 5.92 Å². The summed E-state index contributed by atoms with van der Waals surface area (Å²) < 4.78 is 13.4. The molecule has 0 radical (unpaired) electrons. The molecule has 1 aromatic rings. The van der Waals surface area contributed by atoms with Crippen LogP contribution in [-0.2, 0) is 6.54 Å². The average Bonchev–Trinajstić information content (AvgIpc) is 2.01. The molecule has 1 aromatic heterocycles. The van der Waals surface area contributed by atoms with Crippen LogP contribution in [0.15, 0.2) is 15.8 Å². The van der Waals surface area contributed by atoms with Gasteiger partial charge in [0.1, 0.15) is 0 Å². The summed E-state index contributed by atoms with van der Waals surface area (Å²) >= 11 is 0. The van der Waals surface area contributed by atoms with Crippen LogP contribution in [0.3, 0.4) is 0 Å². The third kappa shape index (κ3) is 1.42. The second kappa shape index (κ2) is 3.05. The van der Waals surface area contributed by atoms with Crippen molar-refractivity contribution >= 4 is 0 Å². The van der Waals surface area contributed by atoms with Gasteiger partial charge in [-0.25, -0.2) is 4.79 Å². The second-order valence-corrected chi connectivity index (χ2v) is 2.07. The van der Waals surface area contributed by atoms with E-state index in [9.17, 15) is 14.0 Å². The number of nitrogens with zero attached hydrogens (tertiary/aromatic N) is 1. The Kier molecular flexibility index (Phi) is 2.10. The van der Waals surface area contributed by atoms with Gasteiger partial charge in [-0.15, -0.1) is 6.42 Å². The van der Waals surface area contributed by atoms with Crippen LogP contribution in [0, 0.1) is 18.2 Å². The molecule has 0 saturated carbocycles. The first kappa shape index (κ1) is 8.27. The molecule has 0 aliphatic rings. The lowest BCUT2D eigenvalue weighted by atomic mass is 10.5. The molecule has 0 amide bonds. The van der Waals surface area contributed by atoms with E-state index in [-0.39, 0.29) is 6.54 Å². The Bertz CT molecular complexity index is 438. The molecule has 1 N–H and O–H groups in total. The van der Waals surface area contributed by atoms with Crippen LogP contribution in [0.5, 0.6) is 0 Å². The predicted molar refractivity (Wildman–Crippen MR) is 40.1 cm³/mol. The van der Waals surface area contributed by atoms with Gasteiger partial charge in [-0.2, -0.15) is 4.39 Å². The van der Waals surface area contributed by atoms with E-state index in [0.717, 1.165) is 10.8 Å². The quantitative estimate of drug-likeness (QED) is 0.564. The SMILES string of the molecule is C#CCn1cc(F)c(=O)[nH]c1=O. The van der Waals surface area contributed by atoms with Crippen molar-refractivity contribution in [3.8, 4) is 12.3 Å². The van der Waals surface area contributed by atoms with Crippen molar-refractivity contribution in [2.24, 2.45) is 0 Å². The highest BCUT2D eigenvalue weighted by atomic mass is 19.1. The van der Waals surface area contributed by atoms with Gasteiger partial charge in [-0.1, -0.05) is 5.92 Å². The first-order valence-electron chi connectivity index (χ1n) is 3.08. The summed E-state index contributed by atoms with van der Waals surface area (Å²) in [6.07, 6.45) is 5.67. The summed E-state index contributed by atoms with van der Waals surface area (Å²) in [7, 11) is 0. The first-order valence-corrected chi connectivity index (χ1v) is 3.08. The zero-order valence-corrected chi connectivity index (χ0v) is 6.00. The summed E-state index contributed by atoms with van der Waals surface area (Å²) in [6.45, 7) is -0.0630. The van der Waals surface area contributed by atoms with E-state index in [1.54, 1.807) is 4.98 Å². The largest absolute Gasteiger partial charge is 0.329 e. The number of terminal acetylenes is 1. The van der Waals surface area contributed by atoms with Crippen LogP contribution in [0.1, 0.15) is 0 Å². The molecule has 0 fully saturated rings. The lowest BCUT2D eigenvalue weighted by Gasteiger charge is -1.97. The van der Waals surface area contributed by atoms with Crippen molar-refractivity contribution in [3.05, 3.63) is 32.9 Å². The molecule has 1 heterocycles. The lowest BCUT2D eigenvalue weighted by Crippen LogP contribution is -2.31. The van der Waals surface area contributed by atoms with Crippen molar-refractivity contribution in [3.63, 3.8) is 0 Å². The normalized spacial score (nSPS) is 9.33. The van der Waals surface area contributed by atoms with Crippen molar-refractivity contribution < 1.29 is 4.39 Å². The zero-order valence-electron chi connectivity index (χ0n) is 6.00. The molecule has 0 aliphatic carbocycles. The molecule has 0 saturated heterocycles. The van der Waals surface area contributed by atoms with Crippen LogP contribution in [0.25, 0.3) is 0 Å². The molecule has 0 atom stereocenters. The molecular weight excluding hydrogens is 163 g/mol. The topological polar surface area (TPSA) is 54.9 Å². The first-order chi connectivity index (χ1) is 5.65. The molecule has 0 spiro atoms. The number of nitrogens with one attached hydrogen (secondary N) is 1. The molecule has 0 aliphatic heterocycles. The average molecular weight is 168 g/mol. The summed E-state index contributed by atoms with van der Waals surface area (Å²) in [4.78, 5) is 23.1. The standard InChI is InChI=1S/C7H5FN2O2/c1-2-3-10-4-5(8)6(11)9-7(10)12/h1,4H,3H2,(H,9,11,12). The van der Waals surface area contributed by atoms with Gasteiger partial charge in [-0.05, 0) is 0 Å². The molecule has 0 bridgehead atoms. The molecular formula is C7H5FN2O2. The van der Waals surface area contributed by atoms with Gasteiger partial charge in [0.25, 0.3) is 5.56 Å². The van der Waals surface area contributed by atoms with Crippen LogP contribution in [0.4, 0.5) is 4.39 Å². The Labute approximate surface area is 66.7 Å². The highest BCUT2D eigenvalue weighted by molar-refractivity contribution is 4.92. The van der Waals surface area contributed by atoms with Gasteiger partial charge in [0.2, 0.25) is 5.82 Å². The highest BCUT2D eigenvalue weighted by Gasteiger charge is 2.00. The smallest absolute Gasteiger partial charge is 0.286 e. The van der Waals surface area contributed by atoms with Crippen LogP contribution in [-0.4, -0.2) is 9.55 Å². The van der Waals surface area contributed by atoms with Gasteiger partial charge in [0.05, 0.1) is 12.7 Å². The molecule has 1 rings (SSSR count). The third-order valence-electron chi connectivity index (χ3n) is 1.23. The van der Waals surface area contributed by atoms with Crippen LogP contribution < -0.4 is 11.2 Å². The minimum Gasteiger partial charge on any atom is -0.286 e. The molecule has 4 nitrogen and oxygen atoms in total. The summed E-state index contributed by atoms with van der Waals surface area (Å²) in [5.41, 5.74) is -1.74. The van der Waals surface area contributed by atoms with Gasteiger partial charge in [0, 0.05) is 0 Å². The van der Waals surface area contributed by atoms with Crippen molar-refractivity contribution in [2.75, 3.05) is 0 Å². The summed E-state index contributed by atoms with van der Waals surface area (Å²) in [5, 5.41) is 0. The minimum absolute atomic E-state index is 0.0630. The monoisotopic (exact) mass is 168 g/mol. The number of aromatic nitrogens is 2. The Morgan fingerprint density at radius 3 is 2.92 bits per heavy atom. The minimum atomic E-state index is -1.03. The van der Waals surface area contributed by atoms with Crippen LogP contribution >= 0.6 is 0 Å². The molecule has 62 valence electrons. The van der Waals surface area contributed by atoms with Crippen molar-refractivity contribution in [1.29, 1.82) is 0 Å².